The van der Waals surface area contributed by atoms with E-state index in [-0.39, 0.29) is 0 Å². The van der Waals surface area contributed by atoms with Gasteiger partial charge in [-0.1, -0.05) is 41.4 Å². The lowest BCUT2D eigenvalue weighted by Gasteiger charge is -2.03. The van der Waals surface area contributed by atoms with Gasteiger partial charge in [0.05, 0.1) is 0 Å². The minimum atomic E-state index is 0.862. The molecular weight excluding hydrogens is 131 g/mol. The molecular formula is C10H11B. The maximum Gasteiger partial charge on any atom is 0.114 e. The average Bonchev–Trinajstić information content (AvgIpc) is 1.99. The minimum Gasteiger partial charge on any atom is -0.0932 e. The fourth-order valence-corrected chi connectivity index (χ4v) is 1.03. The number of hydrogen-bond acceptors (Lipinski definition) is 0. The zero-order valence-electron chi connectivity index (χ0n) is 6.96. The van der Waals surface area contributed by atoms with Gasteiger partial charge >= 0.3 is 0 Å². The van der Waals surface area contributed by atoms with Crippen LogP contribution in [0, 0.1) is 6.92 Å². The fraction of sp³-hybridized carbons (Fsp3) is 0.200. The van der Waals surface area contributed by atoms with Crippen LogP contribution in [-0.4, -0.2) is 7.85 Å². The van der Waals surface area contributed by atoms with Crippen molar-refractivity contribution in [3.63, 3.8) is 0 Å². The van der Waals surface area contributed by atoms with Crippen LogP contribution in [0.5, 0.6) is 0 Å². The summed E-state index contributed by atoms with van der Waals surface area (Å²) in [7, 11) is 5.72. The van der Waals surface area contributed by atoms with Crippen LogP contribution < -0.4 is 5.46 Å². The van der Waals surface area contributed by atoms with Crippen molar-refractivity contribution in [2.75, 3.05) is 0 Å². The van der Waals surface area contributed by atoms with Crippen molar-refractivity contribution in [1.82, 2.24) is 0 Å². The van der Waals surface area contributed by atoms with E-state index in [0.717, 1.165) is 11.0 Å². The van der Waals surface area contributed by atoms with Crippen LogP contribution >= 0.6 is 0 Å². The Bertz CT molecular complexity index is 274. The second kappa shape index (κ2) is 3.43. The zero-order valence-corrected chi connectivity index (χ0v) is 6.96. The van der Waals surface area contributed by atoms with E-state index in [2.05, 4.69) is 12.1 Å². The minimum absolute atomic E-state index is 0.862. The molecule has 0 N–H and O–H groups in total. The van der Waals surface area contributed by atoms with Gasteiger partial charge in [0.25, 0.3) is 0 Å². The van der Waals surface area contributed by atoms with Crippen molar-refractivity contribution in [3.8, 4) is 0 Å². The molecule has 11 heavy (non-hydrogen) atoms. The Morgan fingerprint density at radius 3 is 2.73 bits per heavy atom. The van der Waals surface area contributed by atoms with Crippen LogP contribution in [0.4, 0.5) is 0 Å². The Balaban J connectivity index is 3.16. The molecule has 0 bridgehead atoms. The van der Waals surface area contributed by atoms with E-state index in [1.807, 2.05) is 32.1 Å². The first-order valence-corrected chi connectivity index (χ1v) is 3.73. The number of allylic oxidation sites excluding steroid dienone is 1. The molecule has 0 aliphatic rings. The summed E-state index contributed by atoms with van der Waals surface area (Å²) in [5.74, 6) is 0. The first-order valence-electron chi connectivity index (χ1n) is 3.73. The SMILES string of the molecule is [B]c1cccc(/C=C\C)c1C. The Morgan fingerprint density at radius 2 is 2.09 bits per heavy atom. The molecule has 1 aromatic carbocycles. The van der Waals surface area contributed by atoms with Gasteiger partial charge in [0.15, 0.2) is 0 Å². The molecule has 1 aromatic rings. The molecule has 54 valence electrons. The van der Waals surface area contributed by atoms with Crippen LogP contribution in [-0.2, 0) is 0 Å². The second-order valence-electron chi connectivity index (χ2n) is 2.56. The monoisotopic (exact) mass is 142 g/mol. The van der Waals surface area contributed by atoms with E-state index in [1.165, 1.54) is 5.56 Å². The molecule has 0 aliphatic carbocycles. The molecule has 0 saturated heterocycles. The van der Waals surface area contributed by atoms with Crippen LogP contribution in [0.15, 0.2) is 24.3 Å². The topological polar surface area (TPSA) is 0 Å². The molecule has 0 saturated carbocycles. The maximum atomic E-state index is 5.72. The summed E-state index contributed by atoms with van der Waals surface area (Å²) in [5.41, 5.74) is 3.22. The van der Waals surface area contributed by atoms with Gasteiger partial charge in [-0.25, -0.2) is 0 Å². The zero-order chi connectivity index (χ0) is 8.27. The first-order chi connectivity index (χ1) is 5.25. The molecule has 0 heterocycles. The average molecular weight is 142 g/mol. The molecule has 0 unspecified atom stereocenters. The molecule has 2 radical (unpaired) electrons. The summed E-state index contributed by atoms with van der Waals surface area (Å²) < 4.78 is 0. The maximum absolute atomic E-state index is 5.72. The van der Waals surface area contributed by atoms with Crippen LogP contribution in [0.25, 0.3) is 6.08 Å². The third kappa shape index (κ3) is 1.73. The third-order valence-electron chi connectivity index (χ3n) is 1.76. The highest BCUT2D eigenvalue weighted by molar-refractivity contribution is 6.33. The van der Waals surface area contributed by atoms with E-state index in [1.54, 1.807) is 0 Å². The van der Waals surface area contributed by atoms with Crippen LogP contribution in [0.1, 0.15) is 18.1 Å². The lowest BCUT2D eigenvalue weighted by Crippen LogP contribution is -2.07. The second-order valence-corrected chi connectivity index (χ2v) is 2.56. The summed E-state index contributed by atoms with van der Waals surface area (Å²) in [6.45, 7) is 4.04. The highest BCUT2D eigenvalue weighted by Gasteiger charge is 1.94. The standard InChI is InChI=1S/C10H11B/c1-3-5-9-6-4-7-10(11)8(9)2/h3-7H,1-2H3/b5-3-. The van der Waals surface area contributed by atoms with E-state index in [4.69, 9.17) is 7.85 Å². The van der Waals surface area contributed by atoms with E-state index in [0.29, 0.717) is 0 Å². The Labute approximate surface area is 69.4 Å². The predicted octanol–water partition coefficient (Wildman–Crippen LogP) is 1.82. The van der Waals surface area contributed by atoms with Gasteiger partial charge in [-0.05, 0) is 19.4 Å². The van der Waals surface area contributed by atoms with E-state index >= 15 is 0 Å². The van der Waals surface area contributed by atoms with Crippen molar-refractivity contribution in [2.45, 2.75) is 13.8 Å². The fourth-order valence-electron chi connectivity index (χ4n) is 1.03. The lowest BCUT2D eigenvalue weighted by atomic mass is 9.88. The molecule has 0 aromatic heterocycles. The molecule has 1 rings (SSSR count). The van der Waals surface area contributed by atoms with E-state index in [9.17, 15) is 0 Å². The van der Waals surface area contributed by atoms with Gasteiger partial charge in [0.2, 0.25) is 0 Å². The van der Waals surface area contributed by atoms with Crippen molar-refractivity contribution in [1.29, 1.82) is 0 Å². The molecule has 0 atom stereocenters. The summed E-state index contributed by atoms with van der Waals surface area (Å²) in [6.07, 6.45) is 4.08. The lowest BCUT2D eigenvalue weighted by molar-refractivity contribution is 1.48. The summed E-state index contributed by atoms with van der Waals surface area (Å²) in [5, 5.41) is 0. The largest absolute Gasteiger partial charge is 0.114 e. The van der Waals surface area contributed by atoms with Crippen LogP contribution in [0.3, 0.4) is 0 Å². The highest BCUT2D eigenvalue weighted by atomic mass is 14.0. The van der Waals surface area contributed by atoms with Gasteiger partial charge in [-0.15, -0.1) is 0 Å². The first kappa shape index (κ1) is 8.12. The van der Waals surface area contributed by atoms with Gasteiger partial charge < -0.3 is 0 Å². The molecule has 1 heteroatoms. The van der Waals surface area contributed by atoms with Gasteiger partial charge in [-0.3, -0.25) is 0 Å². The normalized spacial score (nSPS) is 10.7. The molecule has 0 nitrogen and oxygen atoms in total. The summed E-state index contributed by atoms with van der Waals surface area (Å²) >= 11 is 0. The summed E-state index contributed by atoms with van der Waals surface area (Å²) in [4.78, 5) is 0. The van der Waals surface area contributed by atoms with Gasteiger partial charge in [0, 0.05) is 0 Å². The highest BCUT2D eigenvalue weighted by Crippen LogP contribution is 2.05. The predicted molar refractivity (Wildman–Crippen MR) is 51.3 cm³/mol. The Morgan fingerprint density at radius 1 is 1.36 bits per heavy atom. The summed E-state index contributed by atoms with van der Waals surface area (Å²) in [6, 6.07) is 5.95. The van der Waals surface area contributed by atoms with Gasteiger partial charge in [0.1, 0.15) is 7.85 Å². The van der Waals surface area contributed by atoms with E-state index < -0.39 is 0 Å². The van der Waals surface area contributed by atoms with Crippen molar-refractivity contribution >= 4 is 19.4 Å². The molecule has 0 spiro atoms. The van der Waals surface area contributed by atoms with Crippen molar-refractivity contribution in [2.24, 2.45) is 0 Å². The third-order valence-corrected chi connectivity index (χ3v) is 1.76. The smallest absolute Gasteiger partial charge is 0.0932 e. The molecule has 0 amide bonds. The van der Waals surface area contributed by atoms with Crippen molar-refractivity contribution < 1.29 is 0 Å². The quantitative estimate of drug-likeness (QED) is 0.524. The van der Waals surface area contributed by atoms with Gasteiger partial charge in [-0.2, -0.15) is 0 Å². The molecule has 0 aliphatic heterocycles. The number of hydrogen-bond donors (Lipinski definition) is 0. The Kier molecular flexibility index (Phi) is 2.53. The Hall–Kier alpha value is -0.975. The van der Waals surface area contributed by atoms with Crippen molar-refractivity contribution in [3.05, 3.63) is 35.4 Å². The number of benzene rings is 1. The van der Waals surface area contributed by atoms with Crippen LogP contribution in [0.2, 0.25) is 0 Å². The number of rotatable bonds is 1. The molecule has 0 fully saturated rings.